The van der Waals surface area contributed by atoms with Gasteiger partial charge in [0.05, 0.1) is 10.9 Å². The van der Waals surface area contributed by atoms with Gasteiger partial charge < -0.3 is 9.17 Å². The Morgan fingerprint density at radius 3 is 2.38 bits per heavy atom. The predicted octanol–water partition coefficient (Wildman–Crippen LogP) is 2.14. The van der Waals surface area contributed by atoms with Gasteiger partial charge in [-0.2, -0.15) is 8.42 Å². The number of fused-ring (bicyclic) bond motifs is 2. The molecule has 1 aromatic heterocycles. The summed E-state index contributed by atoms with van der Waals surface area (Å²) in [5.41, 5.74) is -1.10. The van der Waals surface area contributed by atoms with Crippen LogP contribution in [0.15, 0.2) is 75.1 Å². The summed E-state index contributed by atoms with van der Waals surface area (Å²) in [6.07, 6.45) is 0. The fraction of sp³-hybridized carbons (Fsp3) is 0. The van der Waals surface area contributed by atoms with Crippen molar-refractivity contribution in [3.63, 3.8) is 0 Å². The largest absolute Gasteiger partial charge is 0.379 e. The molecule has 0 unspecified atom stereocenters. The van der Waals surface area contributed by atoms with Crippen LogP contribution in [0.25, 0.3) is 21.7 Å². The van der Waals surface area contributed by atoms with Crippen LogP contribution in [0.3, 0.4) is 0 Å². The molecule has 0 atom stereocenters. The van der Waals surface area contributed by atoms with E-state index in [1.54, 1.807) is 18.2 Å². The smallest absolute Gasteiger partial charge is 0.339 e. The molecule has 0 aliphatic heterocycles. The molecular formula is C18H12N2O5S. The summed E-state index contributed by atoms with van der Waals surface area (Å²) < 4.78 is 30.3. The average Bonchev–Trinajstić information content (AvgIpc) is 2.61. The quantitative estimate of drug-likeness (QED) is 0.539. The first-order chi connectivity index (χ1) is 12.4. The maximum Gasteiger partial charge on any atom is 0.339 e. The summed E-state index contributed by atoms with van der Waals surface area (Å²) in [5, 5.41) is 1.85. The Hall–Kier alpha value is -3.39. The number of hydrogen-bond acceptors (Lipinski definition) is 5. The maximum atomic E-state index is 12.6. The Bertz CT molecular complexity index is 1370. The van der Waals surface area contributed by atoms with Crippen molar-refractivity contribution >= 4 is 31.8 Å². The Kier molecular flexibility index (Phi) is 3.62. The van der Waals surface area contributed by atoms with E-state index in [0.717, 1.165) is 10.8 Å². The highest BCUT2D eigenvalue weighted by atomic mass is 32.2. The molecule has 26 heavy (non-hydrogen) atoms. The number of aromatic nitrogens is 2. The molecule has 4 aromatic rings. The average molecular weight is 368 g/mol. The number of H-pyrrole nitrogens is 2. The molecule has 0 saturated heterocycles. The second-order valence-corrected chi connectivity index (χ2v) is 7.21. The van der Waals surface area contributed by atoms with Crippen molar-refractivity contribution < 1.29 is 12.6 Å². The van der Waals surface area contributed by atoms with Crippen LogP contribution in [0.2, 0.25) is 0 Å². The van der Waals surface area contributed by atoms with Crippen molar-refractivity contribution in [2.75, 3.05) is 0 Å². The third-order valence-corrected chi connectivity index (χ3v) is 5.17. The van der Waals surface area contributed by atoms with Crippen molar-refractivity contribution in [1.29, 1.82) is 0 Å². The van der Waals surface area contributed by atoms with Crippen LogP contribution in [-0.2, 0) is 10.1 Å². The maximum absolute atomic E-state index is 12.6. The Labute approximate surface area is 147 Å². The van der Waals surface area contributed by atoms with Gasteiger partial charge in [-0.25, -0.2) is 4.79 Å². The minimum Gasteiger partial charge on any atom is -0.379 e. The van der Waals surface area contributed by atoms with Gasteiger partial charge in [-0.3, -0.25) is 9.78 Å². The third kappa shape index (κ3) is 2.86. The summed E-state index contributed by atoms with van der Waals surface area (Å²) in [6, 6.07) is 16.2. The molecule has 0 bridgehead atoms. The minimum absolute atomic E-state index is 0.0489. The first-order valence-electron chi connectivity index (χ1n) is 7.62. The lowest BCUT2D eigenvalue weighted by molar-refractivity contribution is 0.486. The van der Waals surface area contributed by atoms with Crippen LogP contribution < -0.4 is 15.4 Å². The van der Waals surface area contributed by atoms with E-state index in [-0.39, 0.29) is 21.5 Å². The van der Waals surface area contributed by atoms with E-state index in [2.05, 4.69) is 9.97 Å². The summed E-state index contributed by atoms with van der Waals surface area (Å²) in [5.74, 6) is 0.166. The van der Waals surface area contributed by atoms with E-state index >= 15 is 0 Å². The molecular weight excluding hydrogens is 356 g/mol. The Balaban J connectivity index is 1.77. The number of hydrogen-bond donors (Lipinski definition) is 2. The van der Waals surface area contributed by atoms with Crippen LogP contribution >= 0.6 is 0 Å². The van der Waals surface area contributed by atoms with Gasteiger partial charge in [0.25, 0.3) is 5.56 Å². The van der Waals surface area contributed by atoms with Gasteiger partial charge in [-0.15, -0.1) is 0 Å². The first kappa shape index (κ1) is 16.1. The highest BCUT2D eigenvalue weighted by molar-refractivity contribution is 7.87. The zero-order valence-electron chi connectivity index (χ0n) is 13.2. The van der Waals surface area contributed by atoms with Gasteiger partial charge in [0.1, 0.15) is 10.6 Å². The molecule has 4 rings (SSSR count). The fourth-order valence-electron chi connectivity index (χ4n) is 2.69. The lowest BCUT2D eigenvalue weighted by Crippen LogP contribution is -2.22. The number of nitrogens with one attached hydrogen (secondary N) is 2. The molecule has 0 amide bonds. The van der Waals surface area contributed by atoms with Gasteiger partial charge in [0, 0.05) is 0 Å². The predicted molar refractivity (Wildman–Crippen MR) is 97.0 cm³/mol. The van der Waals surface area contributed by atoms with Gasteiger partial charge in [0.15, 0.2) is 0 Å². The molecule has 0 fully saturated rings. The summed E-state index contributed by atoms with van der Waals surface area (Å²) in [6.45, 7) is 0. The summed E-state index contributed by atoms with van der Waals surface area (Å²) in [7, 11) is -4.15. The van der Waals surface area contributed by atoms with E-state index in [0.29, 0.717) is 0 Å². The summed E-state index contributed by atoms with van der Waals surface area (Å²) >= 11 is 0. The normalized spacial score (nSPS) is 11.7. The van der Waals surface area contributed by atoms with Crippen molar-refractivity contribution in [2.45, 2.75) is 4.90 Å². The molecule has 0 radical (unpaired) electrons. The lowest BCUT2D eigenvalue weighted by Gasteiger charge is -2.08. The minimum atomic E-state index is -4.15. The fourth-order valence-corrected chi connectivity index (χ4v) is 3.64. The molecule has 0 aliphatic carbocycles. The second-order valence-electron chi connectivity index (χ2n) is 5.66. The monoisotopic (exact) mass is 368 g/mol. The van der Waals surface area contributed by atoms with E-state index < -0.39 is 21.4 Å². The number of rotatable bonds is 3. The van der Waals surface area contributed by atoms with Gasteiger partial charge >= 0.3 is 15.8 Å². The highest BCUT2D eigenvalue weighted by Crippen LogP contribution is 2.24. The van der Waals surface area contributed by atoms with Crippen LogP contribution in [0, 0.1) is 0 Å². The highest BCUT2D eigenvalue weighted by Gasteiger charge is 2.18. The molecule has 1 heterocycles. The molecule has 0 aliphatic rings. The Morgan fingerprint density at radius 1 is 0.808 bits per heavy atom. The van der Waals surface area contributed by atoms with E-state index in [1.807, 2.05) is 24.3 Å². The van der Waals surface area contributed by atoms with Gasteiger partial charge in [-0.1, -0.05) is 30.3 Å². The van der Waals surface area contributed by atoms with Crippen molar-refractivity contribution in [3.05, 3.63) is 81.5 Å². The SMILES string of the molecule is O=c1[nH]c(=O)c2cc(S(=O)(=O)Oc3ccc4ccccc4c3)ccc2[nH]1. The molecule has 3 aromatic carbocycles. The van der Waals surface area contributed by atoms with Crippen LogP contribution in [-0.4, -0.2) is 18.4 Å². The summed E-state index contributed by atoms with van der Waals surface area (Å²) in [4.78, 5) is 27.5. The third-order valence-electron chi connectivity index (χ3n) is 3.93. The standard InChI is InChI=1S/C18H12N2O5S/c21-17-15-10-14(7-8-16(15)19-18(22)20-17)26(23,24)25-13-6-5-11-3-1-2-4-12(11)9-13/h1-10H,(H2,19,20,21,22). The van der Waals surface area contributed by atoms with Crippen molar-refractivity contribution in [2.24, 2.45) is 0 Å². The first-order valence-corrected chi connectivity index (χ1v) is 9.03. The van der Waals surface area contributed by atoms with Crippen LogP contribution in [0.4, 0.5) is 0 Å². The molecule has 0 saturated carbocycles. The molecule has 8 heteroatoms. The molecule has 0 spiro atoms. The second kappa shape index (κ2) is 5.85. The van der Waals surface area contributed by atoms with Gasteiger partial charge in [0.2, 0.25) is 0 Å². The lowest BCUT2D eigenvalue weighted by atomic mass is 10.1. The Morgan fingerprint density at radius 2 is 1.58 bits per heavy atom. The number of benzene rings is 3. The molecule has 7 nitrogen and oxygen atoms in total. The topological polar surface area (TPSA) is 109 Å². The zero-order valence-corrected chi connectivity index (χ0v) is 14.0. The zero-order chi connectivity index (χ0) is 18.3. The van der Waals surface area contributed by atoms with Crippen molar-refractivity contribution in [1.82, 2.24) is 9.97 Å². The van der Waals surface area contributed by atoms with Crippen molar-refractivity contribution in [3.8, 4) is 5.75 Å². The van der Waals surface area contributed by atoms with Gasteiger partial charge in [-0.05, 0) is 41.1 Å². The number of aromatic amines is 2. The molecule has 2 N–H and O–H groups in total. The molecule has 130 valence electrons. The van der Waals surface area contributed by atoms with E-state index in [9.17, 15) is 18.0 Å². The van der Waals surface area contributed by atoms with Crippen LogP contribution in [0.1, 0.15) is 0 Å². The van der Waals surface area contributed by atoms with E-state index in [4.69, 9.17) is 4.18 Å². The van der Waals surface area contributed by atoms with Crippen LogP contribution in [0.5, 0.6) is 5.75 Å². The van der Waals surface area contributed by atoms with E-state index in [1.165, 1.54) is 18.2 Å².